The molecular formula is C12H21F. The van der Waals surface area contributed by atoms with Gasteiger partial charge in [-0.25, -0.2) is 4.39 Å². The lowest BCUT2D eigenvalue weighted by molar-refractivity contribution is 0.626. The summed E-state index contributed by atoms with van der Waals surface area (Å²) in [5.41, 5.74) is 0.963. The van der Waals surface area contributed by atoms with Crippen molar-refractivity contribution in [3.63, 3.8) is 0 Å². The van der Waals surface area contributed by atoms with Crippen molar-refractivity contribution in [2.75, 3.05) is 0 Å². The summed E-state index contributed by atoms with van der Waals surface area (Å²) < 4.78 is 12.2. The van der Waals surface area contributed by atoms with Gasteiger partial charge in [0.2, 0.25) is 0 Å². The summed E-state index contributed by atoms with van der Waals surface area (Å²) >= 11 is 0. The van der Waals surface area contributed by atoms with Crippen molar-refractivity contribution in [3.05, 3.63) is 35.6 Å². The van der Waals surface area contributed by atoms with E-state index < -0.39 is 0 Å². The first kappa shape index (κ1) is 14.7. The minimum Gasteiger partial charge on any atom is -0.207 e. The van der Waals surface area contributed by atoms with E-state index >= 15 is 0 Å². The molecule has 0 amide bonds. The molecule has 0 aromatic heterocycles. The minimum atomic E-state index is -0.162. The Kier molecular flexibility index (Phi) is 12.6. The SMILES string of the molecule is CC.CCC.Cc1cccc(F)c1. The molecule has 76 valence electrons. The van der Waals surface area contributed by atoms with Crippen LogP contribution in [-0.4, -0.2) is 0 Å². The number of halogens is 1. The van der Waals surface area contributed by atoms with Crippen molar-refractivity contribution in [1.29, 1.82) is 0 Å². The van der Waals surface area contributed by atoms with Crippen LogP contribution in [0.1, 0.15) is 39.7 Å². The molecule has 0 saturated carbocycles. The van der Waals surface area contributed by atoms with Gasteiger partial charge in [-0.3, -0.25) is 0 Å². The second-order valence-corrected chi connectivity index (χ2v) is 2.51. The molecule has 0 aliphatic rings. The maximum absolute atomic E-state index is 12.2. The highest BCUT2D eigenvalue weighted by Gasteiger charge is 1.84. The molecule has 0 aliphatic heterocycles. The first-order valence-corrected chi connectivity index (χ1v) is 4.92. The highest BCUT2D eigenvalue weighted by molar-refractivity contribution is 5.13. The standard InChI is InChI=1S/C7H7F.C3H8.C2H6/c1-6-3-2-4-7(8)5-6;1-3-2;1-2/h2-5H,1H3;3H2,1-2H3;1-2H3. The monoisotopic (exact) mass is 184 g/mol. The molecule has 0 spiro atoms. The molecule has 0 aliphatic carbocycles. The smallest absolute Gasteiger partial charge is 0.123 e. The van der Waals surface area contributed by atoms with Crippen molar-refractivity contribution in [3.8, 4) is 0 Å². The van der Waals surface area contributed by atoms with Gasteiger partial charge < -0.3 is 0 Å². The number of aryl methyl sites for hydroxylation is 1. The second-order valence-electron chi connectivity index (χ2n) is 2.51. The van der Waals surface area contributed by atoms with Gasteiger partial charge in [0.05, 0.1) is 0 Å². The van der Waals surface area contributed by atoms with E-state index in [9.17, 15) is 4.39 Å². The van der Waals surface area contributed by atoms with E-state index in [2.05, 4.69) is 13.8 Å². The Hall–Kier alpha value is -0.850. The molecule has 0 bridgehead atoms. The topological polar surface area (TPSA) is 0 Å². The molecule has 0 atom stereocenters. The summed E-state index contributed by atoms with van der Waals surface area (Å²) in [6, 6.07) is 6.50. The number of rotatable bonds is 0. The normalized spacial score (nSPS) is 7.54. The molecule has 0 saturated heterocycles. The van der Waals surface area contributed by atoms with Crippen LogP contribution >= 0.6 is 0 Å². The summed E-state index contributed by atoms with van der Waals surface area (Å²) in [7, 11) is 0. The maximum Gasteiger partial charge on any atom is 0.123 e. The number of hydrogen-bond donors (Lipinski definition) is 0. The van der Waals surface area contributed by atoms with Crippen LogP contribution in [0.3, 0.4) is 0 Å². The first-order valence-electron chi connectivity index (χ1n) is 4.92. The van der Waals surface area contributed by atoms with Gasteiger partial charge >= 0.3 is 0 Å². The predicted molar refractivity (Wildman–Crippen MR) is 58.5 cm³/mol. The quantitative estimate of drug-likeness (QED) is 0.553. The molecule has 0 unspecified atom stereocenters. The van der Waals surface area contributed by atoms with Crippen LogP contribution in [0.15, 0.2) is 24.3 Å². The third kappa shape index (κ3) is 11.1. The molecule has 0 radical (unpaired) electrons. The number of benzene rings is 1. The molecular weight excluding hydrogens is 163 g/mol. The van der Waals surface area contributed by atoms with E-state index in [0.29, 0.717) is 0 Å². The molecule has 0 nitrogen and oxygen atoms in total. The van der Waals surface area contributed by atoms with E-state index in [-0.39, 0.29) is 5.82 Å². The zero-order valence-corrected chi connectivity index (χ0v) is 9.39. The highest BCUT2D eigenvalue weighted by atomic mass is 19.1. The Morgan fingerprint density at radius 1 is 1.15 bits per heavy atom. The van der Waals surface area contributed by atoms with E-state index in [4.69, 9.17) is 0 Å². The molecule has 1 aromatic carbocycles. The van der Waals surface area contributed by atoms with E-state index in [1.165, 1.54) is 18.6 Å². The summed E-state index contributed by atoms with van der Waals surface area (Å²) in [5, 5.41) is 0. The third-order valence-corrected chi connectivity index (χ3v) is 0.980. The van der Waals surface area contributed by atoms with Crippen LogP contribution in [0.25, 0.3) is 0 Å². The van der Waals surface area contributed by atoms with Crippen LogP contribution in [0, 0.1) is 12.7 Å². The zero-order chi connectivity index (χ0) is 10.7. The Bertz CT molecular complexity index is 177. The van der Waals surface area contributed by atoms with Gasteiger partial charge in [-0.1, -0.05) is 46.2 Å². The fourth-order valence-corrected chi connectivity index (χ4v) is 0.606. The minimum absolute atomic E-state index is 0.162. The van der Waals surface area contributed by atoms with E-state index in [1.807, 2.05) is 26.8 Å². The Morgan fingerprint density at radius 2 is 1.62 bits per heavy atom. The van der Waals surface area contributed by atoms with E-state index in [1.54, 1.807) is 6.07 Å². The molecule has 1 aromatic rings. The van der Waals surface area contributed by atoms with Gasteiger partial charge in [0.25, 0.3) is 0 Å². The van der Waals surface area contributed by atoms with Gasteiger partial charge in [-0.05, 0) is 24.6 Å². The average Bonchev–Trinajstić information content (AvgIpc) is 2.08. The Balaban J connectivity index is 0. The summed E-state index contributed by atoms with van der Waals surface area (Å²) in [6.45, 7) is 10.1. The van der Waals surface area contributed by atoms with Crippen LogP contribution in [0.4, 0.5) is 4.39 Å². The summed E-state index contributed by atoms with van der Waals surface area (Å²) in [4.78, 5) is 0. The lowest BCUT2D eigenvalue weighted by Crippen LogP contribution is -1.72. The van der Waals surface area contributed by atoms with Crippen LogP contribution < -0.4 is 0 Å². The van der Waals surface area contributed by atoms with Gasteiger partial charge in [0.15, 0.2) is 0 Å². The summed E-state index contributed by atoms with van der Waals surface area (Å²) in [5.74, 6) is -0.162. The molecule has 0 fully saturated rings. The Labute approximate surface area is 81.8 Å². The van der Waals surface area contributed by atoms with Gasteiger partial charge in [-0.15, -0.1) is 0 Å². The van der Waals surface area contributed by atoms with Crippen LogP contribution in [0.5, 0.6) is 0 Å². The molecule has 0 heterocycles. The second kappa shape index (κ2) is 11.2. The predicted octanol–water partition coefficient (Wildman–Crippen LogP) is 4.58. The van der Waals surface area contributed by atoms with Gasteiger partial charge in [0, 0.05) is 0 Å². The molecule has 0 N–H and O–H groups in total. The van der Waals surface area contributed by atoms with Crippen molar-refractivity contribution >= 4 is 0 Å². The van der Waals surface area contributed by atoms with Crippen LogP contribution in [-0.2, 0) is 0 Å². The third-order valence-electron chi connectivity index (χ3n) is 0.980. The van der Waals surface area contributed by atoms with Crippen molar-refractivity contribution in [2.45, 2.75) is 41.0 Å². The van der Waals surface area contributed by atoms with Crippen molar-refractivity contribution in [1.82, 2.24) is 0 Å². The first-order chi connectivity index (χ1) is 6.20. The number of hydrogen-bond acceptors (Lipinski definition) is 0. The largest absolute Gasteiger partial charge is 0.207 e. The fourth-order valence-electron chi connectivity index (χ4n) is 0.606. The highest BCUT2D eigenvalue weighted by Crippen LogP contribution is 1.99. The van der Waals surface area contributed by atoms with Crippen LogP contribution in [0.2, 0.25) is 0 Å². The van der Waals surface area contributed by atoms with Crippen molar-refractivity contribution < 1.29 is 4.39 Å². The molecule has 13 heavy (non-hydrogen) atoms. The summed E-state index contributed by atoms with van der Waals surface area (Å²) in [6.07, 6.45) is 1.25. The fraction of sp³-hybridized carbons (Fsp3) is 0.500. The molecule has 1 rings (SSSR count). The van der Waals surface area contributed by atoms with E-state index in [0.717, 1.165) is 5.56 Å². The van der Waals surface area contributed by atoms with Crippen molar-refractivity contribution in [2.24, 2.45) is 0 Å². The van der Waals surface area contributed by atoms with Gasteiger partial charge in [-0.2, -0.15) is 0 Å². The Morgan fingerprint density at radius 3 is 1.85 bits per heavy atom. The molecule has 1 heteroatoms. The lowest BCUT2D eigenvalue weighted by atomic mass is 10.2. The maximum atomic E-state index is 12.2. The zero-order valence-electron chi connectivity index (χ0n) is 9.39. The average molecular weight is 184 g/mol. The lowest BCUT2D eigenvalue weighted by Gasteiger charge is -1.87. The van der Waals surface area contributed by atoms with Gasteiger partial charge in [0.1, 0.15) is 5.82 Å².